The van der Waals surface area contributed by atoms with Crippen LogP contribution in [-0.4, -0.2) is 30.9 Å². The van der Waals surface area contributed by atoms with Gasteiger partial charge in [0.05, 0.1) is 22.8 Å². The molecule has 0 atom stereocenters. The van der Waals surface area contributed by atoms with Crippen LogP contribution in [0.4, 0.5) is 17.1 Å². The monoisotopic (exact) mass is 812 g/mol. The van der Waals surface area contributed by atoms with E-state index in [4.69, 9.17) is 0 Å². The molecule has 11 rings (SSSR count). The molecule has 285 valence electrons. The zero-order chi connectivity index (χ0) is 37.5. The summed E-state index contributed by atoms with van der Waals surface area (Å²) in [5.74, 6) is 0. The Kier molecular flexibility index (Phi) is 12.5. The van der Waals surface area contributed by atoms with Crippen LogP contribution in [0.25, 0.3) is 57.5 Å². The summed E-state index contributed by atoms with van der Waals surface area (Å²) in [6.45, 7) is 0. The standard InChI is InChI=1S/C20H14N4.C18H15N.C13H10.Co.H4Si/c1-2-14-10-16-5-6-18(23-16)12-20-8-7-19(24-20)11-17-4-3-15(22-17)9-13(1)21-14;1-4-10-16(11-5-1)19(17-12-6-2-7-13-17)18-14-8-3-9-15-18;1-3-7-12-10(5-1)9-11-6-2-4-8-13(11)12;;/h1-12,21,24H;1-15H;1-8H,9H2;;1H4. The van der Waals surface area contributed by atoms with Crippen LogP contribution in [-0.2, 0) is 23.2 Å². The van der Waals surface area contributed by atoms with Crippen LogP contribution in [0.15, 0.2) is 188 Å². The van der Waals surface area contributed by atoms with E-state index in [1.165, 1.54) is 39.3 Å². The minimum absolute atomic E-state index is 0. The van der Waals surface area contributed by atoms with E-state index in [0.29, 0.717) is 0 Å². The Balaban J connectivity index is 0.000000136. The SMILES string of the molecule is C1=Cc2cc3ccc(cc4nc(cc5ccc(cc1n2)[nH]5)C=C4)[nH]3.[Co].[SiH4].c1ccc(N(c2ccccc2)c2ccccc2)cc1.c1ccc2c(c1)Cc1ccccc1-2. The maximum Gasteiger partial charge on any atom is 0.0658 e. The van der Waals surface area contributed by atoms with Crippen molar-refractivity contribution in [1.29, 1.82) is 0 Å². The summed E-state index contributed by atoms with van der Waals surface area (Å²) >= 11 is 0. The first-order valence-electron chi connectivity index (χ1n) is 18.9. The van der Waals surface area contributed by atoms with Crippen molar-refractivity contribution in [3.63, 3.8) is 0 Å². The summed E-state index contributed by atoms with van der Waals surface area (Å²) in [7, 11) is 0. The van der Waals surface area contributed by atoms with Crippen molar-refractivity contribution >= 4 is 74.4 Å². The second-order valence-corrected chi connectivity index (χ2v) is 13.7. The predicted octanol–water partition coefficient (Wildman–Crippen LogP) is 11.6. The third-order valence-corrected chi connectivity index (χ3v) is 9.79. The van der Waals surface area contributed by atoms with E-state index in [1.54, 1.807) is 0 Å². The van der Waals surface area contributed by atoms with Gasteiger partial charge < -0.3 is 14.9 Å². The average molecular weight is 813 g/mol. The largest absolute Gasteiger partial charge is 0.355 e. The average Bonchev–Trinajstić information content (AvgIpc) is 4.11. The van der Waals surface area contributed by atoms with Gasteiger partial charge in [-0.25, -0.2) is 9.97 Å². The fourth-order valence-corrected chi connectivity index (χ4v) is 7.20. The Hall–Kier alpha value is -6.78. The molecule has 0 spiro atoms. The molecule has 5 nitrogen and oxygen atoms in total. The van der Waals surface area contributed by atoms with Crippen LogP contribution in [0.3, 0.4) is 0 Å². The number of hydrogen-bond donors (Lipinski definition) is 2. The molecule has 0 unspecified atom stereocenters. The maximum atomic E-state index is 4.63. The topological polar surface area (TPSA) is 60.6 Å². The number of nitrogens with zero attached hydrogens (tertiary/aromatic N) is 3. The molecule has 3 aliphatic rings. The van der Waals surface area contributed by atoms with E-state index >= 15 is 0 Å². The molecular formula is C51H43CoN5Si. The van der Waals surface area contributed by atoms with Crippen molar-refractivity contribution in [3.8, 4) is 11.1 Å². The number of para-hydroxylation sites is 3. The first-order valence-corrected chi connectivity index (χ1v) is 18.9. The number of nitrogens with one attached hydrogen (secondary N) is 2. The van der Waals surface area contributed by atoms with Crippen LogP contribution >= 0.6 is 0 Å². The van der Waals surface area contributed by atoms with Gasteiger partial charge in [-0.15, -0.1) is 0 Å². The molecule has 0 fully saturated rings. The minimum atomic E-state index is 0. The maximum absolute atomic E-state index is 4.63. The molecule has 5 heterocycles. The van der Waals surface area contributed by atoms with Crippen LogP contribution in [0, 0.1) is 0 Å². The van der Waals surface area contributed by atoms with E-state index < -0.39 is 0 Å². The van der Waals surface area contributed by atoms with E-state index in [1.807, 2.05) is 66.8 Å². The van der Waals surface area contributed by atoms with Gasteiger partial charge in [0.1, 0.15) is 0 Å². The molecule has 0 saturated carbocycles. The third kappa shape index (κ3) is 9.25. The van der Waals surface area contributed by atoms with Crippen molar-refractivity contribution < 1.29 is 16.8 Å². The molecule has 58 heavy (non-hydrogen) atoms. The number of rotatable bonds is 3. The number of anilines is 3. The van der Waals surface area contributed by atoms with Crippen molar-refractivity contribution in [3.05, 3.63) is 222 Å². The molecule has 5 aromatic carbocycles. The molecule has 2 N–H and O–H groups in total. The van der Waals surface area contributed by atoms with Gasteiger partial charge in [0.15, 0.2) is 0 Å². The van der Waals surface area contributed by atoms with Crippen molar-refractivity contribution in [2.45, 2.75) is 6.42 Å². The Morgan fingerprint density at radius 1 is 0.362 bits per heavy atom. The zero-order valence-electron chi connectivity index (χ0n) is 31.1. The first-order chi connectivity index (χ1) is 27.7. The summed E-state index contributed by atoms with van der Waals surface area (Å²) in [5.41, 5.74) is 17.1. The Morgan fingerprint density at radius 2 is 0.655 bits per heavy atom. The van der Waals surface area contributed by atoms with E-state index in [2.05, 4.69) is 170 Å². The molecule has 8 bridgehead atoms. The zero-order valence-corrected chi connectivity index (χ0v) is 32.1. The van der Waals surface area contributed by atoms with E-state index in [9.17, 15) is 0 Å². The summed E-state index contributed by atoms with van der Waals surface area (Å²) in [5, 5.41) is 0. The third-order valence-electron chi connectivity index (χ3n) is 9.79. The molecule has 0 saturated heterocycles. The second-order valence-electron chi connectivity index (χ2n) is 13.7. The van der Waals surface area contributed by atoms with Gasteiger partial charge in [0.2, 0.25) is 0 Å². The summed E-state index contributed by atoms with van der Waals surface area (Å²) < 4.78 is 0. The molecule has 1 aliphatic carbocycles. The van der Waals surface area contributed by atoms with Crippen LogP contribution in [0.2, 0.25) is 0 Å². The summed E-state index contributed by atoms with van der Waals surface area (Å²) in [4.78, 5) is 18.3. The van der Waals surface area contributed by atoms with Crippen molar-refractivity contribution in [2.24, 2.45) is 0 Å². The fraction of sp³-hybridized carbons (Fsp3) is 0.0196. The number of hydrogen-bond acceptors (Lipinski definition) is 3. The minimum Gasteiger partial charge on any atom is -0.355 e. The molecule has 1 radical (unpaired) electrons. The van der Waals surface area contributed by atoms with Gasteiger partial charge in [-0.2, -0.15) is 0 Å². The van der Waals surface area contributed by atoms with Crippen LogP contribution in [0.1, 0.15) is 33.9 Å². The Bertz CT molecular complexity index is 2530. The molecular weight excluding hydrogens is 770 g/mol. The van der Waals surface area contributed by atoms with Gasteiger partial charge in [-0.1, -0.05) is 103 Å². The number of aromatic amines is 2. The van der Waals surface area contributed by atoms with Crippen LogP contribution in [0.5, 0.6) is 0 Å². The quantitative estimate of drug-likeness (QED) is 0.175. The van der Waals surface area contributed by atoms with E-state index in [0.717, 1.165) is 51.3 Å². The predicted molar refractivity (Wildman–Crippen MR) is 246 cm³/mol. The molecule has 3 aromatic heterocycles. The Labute approximate surface area is 353 Å². The smallest absolute Gasteiger partial charge is 0.0658 e. The van der Waals surface area contributed by atoms with Gasteiger partial charge in [0.25, 0.3) is 0 Å². The van der Waals surface area contributed by atoms with Gasteiger partial charge in [-0.3, -0.25) is 0 Å². The summed E-state index contributed by atoms with van der Waals surface area (Å²) in [6.07, 6.45) is 9.19. The number of benzene rings is 5. The molecule has 2 aliphatic heterocycles. The van der Waals surface area contributed by atoms with Crippen molar-refractivity contribution in [2.75, 3.05) is 4.90 Å². The van der Waals surface area contributed by atoms with Crippen molar-refractivity contribution in [1.82, 2.24) is 19.9 Å². The molecule has 0 amide bonds. The van der Waals surface area contributed by atoms with Gasteiger partial charge >= 0.3 is 0 Å². The van der Waals surface area contributed by atoms with E-state index in [-0.39, 0.29) is 27.7 Å². The number of aromatic nitrogens is 4. The number of fused-ring (bicyclic) bond motifs is 11. The summed E-state index contributed by atoms with van der Waals surface area (Å²) in [6, 6.07) is 64.9. The molecule has 7 heteroatoms. The normalized spacial score (nSPS) is 11.3. The number of H-pyrrole nitrogens is 2. The second kappa shape index (κ2) is 18.4. The van der Waals surface area contributed by atoms with Gasteiger partial charge in [-0.05, 0) is 149 Å². The first kappa shape index (κ1) is 39.5. The van der Waals surface area contributed by atoms with Crippen LogP contribution < -0.4 is 4.90 Å². The fourth-order valence-electron chi connectivity index (χ4n) is 7.20. The van der Waals surface area contributed by atoms with Gasteiger partial charge in [0, 0.05) is 55.9 Å². The molecule has 8 aromatic rings. The Morgan fingerprint density at radius 3 is 0.983 bits per heavy atom.